The zero-order valence-corrected chi connectivity index (χ0v) is 18.1. The summed E-state index contributed by atoms with van der Waals surface area (Å²) < 4.78 is 0. The Kier molecular flexibility index (Phi) is 10.5. The highest BCUT2D eigenvalue weighted by atomic mass is 127. The highest BCUT2D eigenvalue weighted by molar-refractivity contribution is 14.0. The number of rotatable bonds is 2. The van der Waals surface area contributed by atoms with Gasteiger partial charge in [0.05, 0.1) is 5.69 Å². The maximum Gasteiger partial charge on any atom is 0.156 e. The Morgan fingerprint density at radius 1 is 1.00 bits per heavy atom. The largest absolute Gasteiger partial charge is 0.338 e. The van der Waals surface area contributed by atoms with Crippen molar-refractivity contribution in [1.82, 2.24) is 19.9 Å². The first-order valence-corrected chi connectivity index (χ1v) is 6.81. The predicted octanol–water partition coefficient (Wildman–Crippen LogP) is 3.50. The van der Waals surface area contributed by atoms with Crippen molar-refractivity contribution in [2.75, 3.05) is 21.1 Å². The summed E-state index contributed by atoms with van der Waals surface area (Å²) in [4.78, 5) is 13.9. The molecule has 0 bridgehead atoms. The van der Waals surface area contributed by atoms with Gasteiger partial charge in [0.15, 0.2) is 5.65 Å². The van der Waals surface area contributed by atoms with Crippen LogP contribution in [0.1, 0.15) is 5.56 Å². The second-order valence-electron chi connectivity index (χ2n) is 5.14. The minimum absolute atomic E-state index is 0. The van der Waals surface area contributed by atoms with Gasteiger partial charge in [-0.2, -0.15) is 0 Å². The van der Waals surface area contributed by atoms with E-state index in [0.717, 1.165) is 28.0 Å². The van der Waals surface area contributed by atoms with Gasteiger partial charge in [-0.25, -0.2) is 4.98 Å². The SMILES string of the molecule is CN(C)C.I.I.NCc1c(-c2ccccc2)[nH]c2nccnc12. The average Bonchev–Trinajstić information content (AvgIpc) is 2.86. The van der Waals surface area contributed by atoms with Crippen LogP contribution in [0.2, 0.25) is 0 Å². The van der Waals surface area contributed by atoms with Crippen molar-refractivity contribution < 1.29 is 0 Å². The van der Waals surface area contributed by atoms with Gasteiger partial charge in [0.1, 0.15) is 5.52 Å². The molecule has 0 saturated carbocycles. The van der Waals surface area contributed by atoms with Crippen molar-refractivity contribution in [2.45, 2.75) is 6.54 Å². The van der Waals surface area contributed by atoms with Gasteiger partial charge < -0.3 is 15.6 Å². The van der Waals surface area contributed by atoms with E-state index in [4.69, 9.17) is 5.73 Å². The van der Waals surface area contributed by atoms with Gasteiger partial charge in [-0.3, -0.25) is 4.98 Å². The molecule has 3 aromatic rings. The fraction of sp³-hybridized carbons (Fsp3) is 0.250. The van der Waals surface area contributed by atoms with Crippen LogP contribution in [0.5, 0.6) is 0 Å². The zero-order valence-electron chi connectivity index (χ0n) is 13.5. The first-order valence-electron chi connectivity index (χ1n) is 6.81. The molecule has 0 spiro atoms. The van der Waals surface area contributed by atoms with Gasteiger partial charge in [-0.05, 0) is 26.7 Å². The minimum Gasteiger partial charge on any atom is -0.338 e. The number of aromatic nitrogens is 3. The molecule has 0 aliphatic rings. The third-order valence-electron chi connectivity index (χ3n) is 2.80. The molecule has 5 nitrogen and oxygen atoms in total. The van der Waals surface area contributed by atoms with Gasteiger partial charge >= 0.3 is 0 Å². The van der Waals surface area contributed by atoms with E-state index < -0.39 is 0 Å². The fourth-order valence-electron chi connectivity index (χ4n) is 2.01. The van der Waals surface area contributed by atoms with Crippen LogP contribution >= 0.6 is 48.0 Å². The topological polar surface area (TPSA) is 70.8 Å². The zero-order chi connectivity index (χ0) is 15.2. The summed E-state index contributed by atoms with van der Waals surface area (Å²) in [5.41, 5.74) is 10.6. The summed E-state index contributed by atoms with van der Waals surface area (Å²) in [6, 6.07) is 10.1. The number of halogens is 2. The number of nitrogens with one attached hydrogen (secondary N) is 1. The molecule has 0 fully saturated rings. The fourth-order valence-corrected chi connectivity index (χ4v) is 2.01. The molecule has 0 radical (unpaired) electrons. The number of nitrogens with zero attached hydrogens (tertiary/aromatic N) is 3. The number of H-pyrrole nitrogens is 1. The number of fused-ring (bicyclic) bond motifs is 1. The van der Waals surface area contributed by atoms with Crippen LogP contribution in [0.15, 0.2) is 42.7 Å². The molecule has 0 amide bonds. The number of hydrogen-bond donors (Lipinski definition) is 2. The average molecular weight is 539 g/mol. The van der Waals surface area contributed by atoms with E-state index in [0.29, 0.717) is 6.54 Å². The van der Waals surface area contributed by atoms with E-state index in [1.807, 2.05) is 56.4 Å². The lowest BCUT2D eigenvalue weighted by molar-refractivity contribution is 0.505. The Balaban J connectivity index is 0.000000731. The molecule has 2 aromatic heterocycles. The standard InChI is InChI=1S/C13H12N4.C3H9N.2HI/c14-8-10-11(9-4-2-1-3-5-9)17-13-12(10)15-6-7-16-13;1-4(2)3;;/h1-7H,8,14H2,(H,16,17);1-3H3;2*1H. The van der Waals surface area contributed by atoms with Crippen LogP contribution in [-0.4, -0.2) is 41.0 Å². The molecule has 0 atom stereocenters. The summed E-state index contributed by atoms with van der Waals surface area (Å²) >= 11 is 0. The van der Waals surface area contributed by atoms with E-state index in [1.165, 1.54) is 0 Å². The second-order valence-corrected chi connectivity index (χ2v) is 5.14. The molecular weight excluding hydrogens is 516 g/mol. The molecule has 0 aliphatic heterocycles. The van der Waals surface area contributed by atoms with E-state index in [9.17, 15) is 0 Å². The maximum absolute atomic E-state index is 5.81. The van der Waals surface area contributed by atoms with Crippen LogP contribution in [0, 0.1) is 0 Å². The van der Waals surface area contributed by atoms with Crippen molar-refractivity contribution in [2.24, 2.45) is 5.73 Å². The molecule has 3 rings (SSSR count). The molecule has 0 aliphatic carbocycles. The van der Waals surface area contributed by atoms with Gasteiger partial charge in [-0.1, -0.05) is 30.3 Å². The quantitative estimate of drug-likeness (QED) is 0.490. The lowest BCUT2D eigenvalue weighted by Gasteiger charge is -2.01. The smallest absolute Gasteiger partial charge is 0.156 e. The first-order chi connectivity index (χ1) is 10.1. The van der Waals surface area contributed by atoms with Gasteiger partial charge in [0, 0.05) is 24.5 Å². The third-order valence-corrected chi connectivity index (χ3v) is 2.80. The minimum atomic E-state index is 0. The van der Waals surface area contributed by atoms with Crippen LogP contribution in [-0.2, 0) is 6.54 Å². The normalized spacial score (nSPS) is 9.61. The van der Waals surface area contributed by atoms with E-state index in [2.05, 4.69) is 15.0 Å². The molecule has 23 heavy (non-hydrogen) atoms. The monoisotopic (exact) mass is 539 g/mol. The van der Waals surface area contributed by atoms with Gasteiger partial charge in [0.25, 0.3) is 0 Å². The third kappa shape index (κ3) is 5.98. The highest BCUT2D eigenvalue weighted by Crippen LogP contribution is 2.27. The number of hydrogen-bond acceptors (Lipinski definition) is 4. The number of aromatic amines is 1. The van der Waals surface area contributed by atoms with Crippen LogP contribution in [0.25, 0.3) is 22.4 Å². The van der Waals surface area contributed by atoms with E-state index in [-0.39, 0.29) is 48.0 Å². The Bertz CT molecular complexity index is 695. The molecule has 0 saturated heterocycles. The van der Waals surface area contributed by atoms with Crippen LogP contribution < -0.4 is 5.73 Å². The van der Waals surface area contributed by atoms with Crippen molar-refractivity contribution in [1.29, 1.82) is 0 Å². The van der Waals surface area contributed by atoms with Crippen LogP contribution in [0.4, 0.5) is 0 Å². The number of benzene rings is 1. The number of nitrogens with two attached hydrogens (primary N) is 1. The van der Waals surface area contributed by atoms with Gasteiger partial charge in [0.2, 0.25) is 0 Å². The summed E-state index contributed by atoms with van der Waals surface area (Å²) in [7, 11) is 6.00. The lowest BCUT2D eigenvalue weighted by Crippen LogP contribution is -1.99. The predicted molar refractivity (Wildman–Crippen MR) is 118 cm³/mol. The van der Waals surface area contributed by atoms with Crippen molar-refractivity contribution in [3.63, 3.8) is 0 Å². The Morgan fingerprint density at radius 2 is 1.57 bits per heavy atom. The van der Waals surface area contributed by atoms with Crippen molar-refractivity contribution in [3.05, 3.63) is 48.3 Å². The van der Waals surface area contributed by atoms with Crippen molar-refractivity contribution >= 4 is 59.1 Å². The lowest BCUT2D eigenvalue weighted by atomic mass is 10.1. The molecule has 7 heteroatoms. The maximum atomic E-state index is 5.81. The van der Waals surface area contributed by atoms with Crippen molar-refractivity contribution in [3.8, 4) is 11.3 Å². The summed E-state index contributed by atoms with van der Waals surface area (Å²) in [6.45, 7) is 0.447. The Hall–Kier alpha value is -0.780. The van der Waals surface area contributed by atoms with Crippen LogP contribution in [0.3, 0.4) is 0 Å². The Labute approximate surface area is 171 Å². The van der Waals surface area contributed by atoms with E-state index >= 15 is 0 Å². The molecule has 3 N–H and O–H groups in total. The summed E-state index contributed by atoms with van der Waals surface area (Å²) in [5.74, 6) is 0. The summed E-state index contributed by atoms with van der Waals surface area (Å²) in [6.07, 6.45) is 3.36. The molecule has 126 valence electrons. The van der Waals surface area contributed by atoms with Gasteiger partial charge in [-0.15, -0.1) is 48.0 Å². The summed E-state index contributed by atoms with van der Waals surface area (Å²) in [5, 5.41) is 0. The second kappa shape index (κ2) is 10.9. The molecular formula is C16H23I2N5. The highest BCUT2D eigenvalue weighted by Gasteiger charge is 2.12. The van der Waals surface area contributed by atoms with E-state index in [1.54, 1.807) is 12.4 Å². The molecule has 1 aromatic carbocycles. The Morgan fingerprint density at radius 3 is 2.13 bits per heavy atom. The molecule has 0 unspecified atom stereocenters. The molecule has 2 heterocycles. The first kappa shape index (κ1) is 22.2.